The van der Waals surface area contributed by atoms with Gasteiger partial charge >= 0.3 is 0 Å². The minimum absolute atomic E-state index is 0.104. The molecule has 5 heteroatoms. The summed E-state index contributed by atoms with van der Waals surface area (Å²) in [5.74, 6) is 0.213. The van der Waals surface area contributed by atoms with E-state index in [9.17, 15) is 8.42 Å². The standard InChI is InChI=1S/C13H20BrNO2S/c1-3-9-15-13(8-10-18(2,16)17)11-4-6-12(14)7-5-11/h4-7,13,15H,3,8-10H2,1-2H3. The van der Waals surface area contributed by atoms with Crippen molar-refractivity contribution >= 4 is 25.8 Å². The molecule has 0 aliphatic rings. The lowest BCUT2D eigenvalue weighted by atomic mass is 10.0. The highest BCUT2D eigenvalue weighted by atomic mass is 79.9. The van der Waals surface area contributed by atoms with E-state index in [1.165, 1.54) is 6.26 Å². The van der Waals surface area contributed by atoms with Crippen LogP contribution in [-0.4, -0.2) is 27.0 Å². The fourth-order valence-electron chi connectivity index (χ4n) is 1.73. The smallest absolute Gasteiger partial charge is 0.147 e. The molecule has 1 N–H and O–H groups in total. The molecule has 18 heavy (non-hydrogen) atoms. The topological polar surface area (TPSA) is 46.2 Å². The molecule has 3 nitrogen and oxygen atoms in total. The minimum Gasteiger partial charge on any atom is -0.310 e. The molecular formula is C13H20BrNO2S. The first kappa shape index (κ1) is 15.7. The molecule has 1 unspecified atom stereocenters. The SMILES string of the molecule is CCCNC(CCS(C)(=O)=O)c1ccc(Br)cc1. The third kappa shape index (κ3) is 5.98. The predicted molar refractivity (Wildman–Crippen MR) is 79.5 cm³/mol. The molecule has 0 aromatic heterocycles. The van der Waals surface area contributed by atoms with Gasteiger partial charge in [0.05, 0.1) is 5.75 Å². The largest absolute Gasteiger partial charge is 0.310 e. The second-order valence-corrected chi connectivity index (χ2v) is 7.65. The van der Waals surface area contributed by atoms with E-state index in [-0.39, 0.29) is 11.8 Å². The molecule has 102 valence electrons. The lowest BCUT2D eigenvalue weighted by Gasteiger charge is -2.18. The molecule has 0 fully saturated rings. The maximum absolute atomic E-state index is 11.3. The normalized spacial score (nSPS) is 13.5. The first-order valence-electron chi connectivity index (χ1n) is 6.09. The molecule has 0 amide bonds. The highest BCUT2D eigenvalue weighted by Gasteiger charge is 2.13. The molecule has 0 heterocycles. The zero-order valence-corrected chi connectivity index (χ0v) is 13.2. The van der Waals surface area contributed by atoms with Gasteiger partial charge in [0.15, 0.2) is 0 Å². The second kappa shape index (κ2) is 7.26. The average Bonchev–Trinajstić information content (AvgIpc) is 2.29. The van der Waals surface area contributed by atoms with Gasteiger partial charge in [-0.15, -0.1) is 0 Å². The van der Waals surface area contributed by atoms with Crippen molar-refractivity contribution in [1.29, 1.82) is 0 Å². The summed E-state index contributed by atoms with van der Waals surface area (Å²) in [6.07, 6.45) is 2.93. The van der Waals surface area contributed by atoms with Gasteiger partial charge in [-0.05, 0) is 37.1 Å². The Morgan fingerprint density at radius 2 is 1.89 bits per heavy atom. The third-order valence-corrected chi connectivity index (χ3v) is 4.20. The van der Waals surface area contributed by atoms with Crippen LogP contribution < -0.4 is 5.32 Å². The second-order valence-electron chi connectivity index (χ2n) is 4.48. The highest BCUT2D eigenvalue weighted by molar-refractivity contribution is 9.10. The van der Waals surface area contributed by atoms with Crippen LogP contribution in [-0.2, 0) is 9.84 Å². The molecule has 1 aromatic carbocycles. The fourth-order valence-corrected chi connectivity index (χ4v) is 2.66. The summed E-state index contributed by atoms with van der Waals surface area (Å²) >= 11 is 3.40. The highest BCUT2D eigenvalue weighted by Crippen LogP contribution is 2.20. The van der Waals surface area contributed by atoms with Crippen molar-refractivity contribution in [3.05, 3.63) is 34.3 Å². The van der Waals surface area contributed by atoms with Gasteiger partial charge in [0.1, 0.15) is 9.84 Å². The van der Waals surface area contributed by atoms with Crippen molar-refractivity contribution in [2.75, 3.05) is 18.6 Å². The molecule has 0 saturated carbocycles. The Balaban J connectivity index is 2.74. The maximum Gasteiger partial charge on any atom is 0.147 e. The molecule has 1 aromatic rings. The van der Waals surface area contributed by atoms with Gasteiger partial charge in [-0.25, -0.2) is 8.42 Å². The Bertz CT molecular complexity index is 456. The number of benzene rings is 1. The number of rotatable bonds is 7. The summed E-state index contributed by atoms with van der Waals surface area (Å²) in [6, 6.07) is 8.12. The summed E-state index contributed by atoms with van der Waals surface area (Å²) < 4.78 is 23.6. The Labute approximate surface area is 118 Å². The predicted octanol–water partition coefficient (Wildman–Crippen LogP) is 2.92. The van der Waals surface area contributed by atoms with E-state index in [1.54, 1.807) is 0 Å². The summed E-state index contributed by atoms with van der Waals surface area (Å²) in [6.45, 7) is 2.99. The molecular weight excluding hydrogens is 314 g/mol. The average molecular weight is 334 g/mol. The van der Waals surface area contributed by atoms with Crippen LogP contribution in [0.3, 0.4) is 0 Å². The zero-order chi connectivity index (χ0) is 13.6. The van der Waals surface area contributed by atoms with Gasteiger partial charge in [-0.2, -0.15) is 0 Å². The van der Waals surface area contributed by atoms with Crippen LogP contribution in [0.2, 0.25) is 0 Å². The van der Waals surface area contributed by atoms with Gasteiger partial charge in [0.25, 0.3) is 0 Å². The van der Waals surface area contributed by atoms with Gasteiger partial charge < -0.3 is 5.32 Å². The Hall–Kier alpha value is -0.390. The Morgan fingerprint density at radius 1 is 1.28 bits per heavy atom. The van der Waals surface area contributed by atoms with E-state index < -0.39 is 9.84 Å². The molecule has 0 saturated heterocycles. The van der Waals surface area contributed by atoms with Crippen LogP contribution >= 0.6 is 15.9 Å². The van der Waals surface area contributed by atoms with Crippen molar-refractivity contribution in [2.45, 2.75) is 25.8 Å². The first-order valence-corrected chi connectivity index (χ1v) is 8.94. The van der Waals surface area contributed by atoms with Crippen LogP contribution in [0.5, 0.6) is 0 Å². The van der Waals surface area contributed by atoms with E-state index in [4.69, 9.17) is 0 Å². The molecule has 1 atom stereocenters. The summed E-state index contributed by atoms with van der Waals surface area (Å²) in [4.78, 5) is 0. The molecule has 1 rings (SSSR count). The molecule has 0 bridgehead atoms. The van der Waals surface area contributed by atoms with Crippen molar-refractivity contribution < 1.29 is 8.42 Å². The quantitative estimate of drug-likeness (QED) is 0.834. The van der Waals surface area contributed by atoms with Gasteiger partial charge in [0.2, 0.25) is 0 Å². The summed E-state index contributed by atoms with van der Waals surface area (Å²) in [5.41, 5.74) is 1.13. The van der Waals surface area contributed by atoms with Crippen molar-refractivity contribution in [2.24, 2.45) is 0 Å². The minimum atomic E-state index is -2.91. The number of halogens is 1. The maximum atomic E-state index is 11.3. The molecule has 0 radical (unpaired) electrons. The molecule has 0 aliphatic carbocycles. The van der Waals surface area contributed by atoms with Crippen LogP contribution in [0.25, 0.3) is 0 Å². The van der Waals surface area contributed by atoms with Crippen molar-refractivity contribution in [3.8, 4) is 0 Å². The summed E-state index contributed by atoms with van der Waals surface area (Å²) in [7, 11) is -2.91. The van der Waals surface area contributed by atoms with E-state index in [0.29, 0.717) is 6.42 Å². The lowest BCUT2D eigenvalue weighted by Crippen LogP contribution is -2.24. The van der Waals surface area contributed by atoms with Crippen LogP contribution in [0.4, 0.5) is 0 Å². The number of hydrogen-bond acceptors (Lipinski definition) is 3. The van der Waals surface area contributed by atoms with E-state index in [1.807, 2.05) is 24.3 Å². The van der Waals surface area contributed by atoms with Crippen LogP contribution in [0.15, 0.2) is 28.7 Å². The van der Waals surface area contributed by atoms with Gasteiger partial charge in [-0.1, -0.05) is 35.0 Å². The van der Waals surface area contributed by atoms with E-state index in [2.05, 4.69) is 28.2 Å². The monoisotopic (exact) mass is 333 g/mol. The summed E-state index contributed by atoms with van der Waals surface area (Å²) in [5, 5.41) is 3.40. The molecule has 0 aliphatic heterocycles. The fraction of sp³-hybridized carbons (Fsp3) is 0.538. The first-order chi connectivity index (χ1) is 8.42. The Morgan fingerprint density at radius 3 is 2.39 bits per heavy atom. The number of hydrogen-bond donors (Lipinski definition) is 1. The van der Waals surface area contributed by atoms with Crippen molar-refractivity contribution in [1.82, 2.24) is 5.32 Å². The lowest BCUT2D eigenvalue weighted by molar-refractivity contribution is 0.513. The zero-order valence-electron chi connectivity index (χ0n) is 10.8. The molecule has 0 spiro atoms. The number of sulfone groups is 1. The van der Waals surface area contributed by atoms with Gasteiger partial charge in [0, 0.05) is 16.8 Å². The van der Waals surface area contributed by atoms with E-state index >= 15 is 0 Å². The number of nitrogens with one attached hydrogen (secondary N) is 1. The Kier molecular flexibility index (Phi) is 6.32. The van der Waals surface area contributed by atoms with Crippen molar-refractivity contribution in [3.63, 3.8) is 0 Å². The van der Waals surface area contributed by atoms with Gasteiger partial charge in [-0.3, -0.25) is 0 Å². The third-order valence-electron chi connectivity index (χ3n) is 2.69. The van der Waals surface area contributed by atoms with Crippen LogP contribution in [0, 0.1) is 0 Å². The van der Waals surface area contributed by atoms with Crippen LogP contribution in [0.1, 0.15) is 31.4 Å². The van der Waals surface area contributed by atoms with E-state index in [0.717, 1.165) is 23.0 Å².